The number of carbonyl (C=O) groups is 1. The van der Waals surface area contributed by atoms with E-state index in [0.717, 1.165) is 31.6 Å². The first-order valence-corrected chi connectivity index (χ1v) is 8.06. The molecule has 1 aromatic rings. The number of rotatable bonds is 3. The highest BCUT2D eigenvalue weighted by molar-refractivity contribution is 8.00. The normalized spacial score (nSPS) is 19.6. The third kappa shape index (κ3) is 4.84. The van der Waals surface area contributed by atoms with Crippen LogP contribution >= 0.6 is 11.8 Å². The Morgan fingerprint density at radius 1 is 1.30 bits per heavy atom. The average Bonchev–Trinajstić information content (AvgIpc) is 2.40. The van der Waals surface area contributed by atoms with E-state index in [1.165, 1.54) is 4.90 Å². The summed E-state index contributed by atoms with van der Waals surface area (Å²) in [6.07, 6.45) is 2.07. The minimum absolute atomic E-state index is 0.104. The Labute approximate surface area is 125 Å². The van der Waals surface area contributed by atoms with Gasteiger partial charge in [-0.1, -0.05) is 20.8 Å². The van der Waals surface area contributed by atoms with Crippen LogP contribution in [0.1, 0.15) is 33.6 Å². The molecule has 1 atom stereocenters. The van der Waals surface area contributed by atoms with Crippen molar-refractivity contribution in [2.45, 2.75) is 43.3 Å². The van der Waals surface area contributed by atoms with Crippen molar-refractivity contribution in [1.82, 2.24) is 5.32 Å². The van der Waals surface area contributed by atoms with Crippen molar-refractivity contribution in [2.24, 2.45) is 5.92 Å². The number of anilines is 1. The van der Waals surface area contributed by atoms with Gasteiger partial charge in [-0.05, 0) is 43.7 Å². The maximum Gasteiger partial charge on any atom is 0.228 e. The van der Waals surface area contributed by atoms with Crippen molar-refractivity contribution in [3.8, 4) is 0 Å². The SMILES string of the molecule is CC(C)(C)Sc1ccc(NC(=O)C2CCCNC2)cc1. The standard InChI is InChI=1S/C16H24N2OS/c1-16(2,3)20-14-8-6-13(7-9-14)18-15(19)12-5-4-10-17-11-12/h6-9,12,17H,4-5,10-11H2,1-3H3,(H,18,19). The molecule has 0 spiro atoms. The quantitative estimate of drug-likeness (QED) is 0.838. The van der Waals surface area contributed by atoms with Gasteiger partial charge in [0.25, 0.3) is 0 Å². The van der Waals surface area contributed by atoms with E-state index in [0.29, 0.717) is 0 Å². The van der Waals surface area contributed by atoms with Crippen molar-refractivity contribution in [2.75, 3.05) is 18.4 Å². The lowest BCUT2D eigenvalue weighted by atomic mass is 9.99. The second-order valence-electron chi connectivity index (χ2n) is 6.27. The van der Waals surface area contributed by atoms with Gasteiger partial charge in [-0.3, -0.25) is 4.79 Å². The van der Waals surface area contributed by atoms with Crippen LogP contribution in [0.25, 0.3) is 0 Å². The first-order valence-electron chi connectivity index (χ1n) is 7.25. The molecule has 110 valence electrons. The number of carbonyl (C=O) groups excluding carboxylic acids is 1. The lowest BCUT2D eigenvalue weighted by molar-refractivity contribution is -0.120. The molecule has 3 nitrogen and oxygen atoms in total. The highest BCUT2D eigenvalue weighted by Crippen LogP contribution is 2.32. The zero-order valence-corrected chi connectivity index (χ0v) is 13.3. The molecule has 1 unspecified atom stereocenters. The van der Waals surface area contributed by atoms with Gasteiger partial charge in [0.2, 0.25) is 5.91 Å². The van der Waals surface area contributed by atoms with E-state index in [-0.39, 0.29) is 16.6 Å². The molecule has 1 amide bonds. The van der Waals surface area contributed by atoms with Crippen LogP contribution in [0.4, 0.5) is 5.69 Å². The average molecular weight is 292 g/mol. The molecule has 0 aromatic heterocycles. The Morgan fingerprint density at radius 3 is 2.55 bits per heavy atom. The number of benzene rings is 1. The van der Waals surface area contributed by atoms with Crippen molar-refractivity contribution < 1.29 is 4.79 Å². The van der Waals surface area contributed by atoms with Crippen LogP contribution < -0.4 is 10.6 Å². The molecule has 1 aliphatic heterocycles. The fourth-order valence-electron chi connectivity index (χ4n) is 2.28. The Balaban J connectivity index is 1.91. The number of amides is 1. The summed E-state index contributed by atoms with van der Waals surface area (Å²) in [6.45, 7) is 8.42. The van der Waals surface area contributed by atoms with E-state index < -0.39 is 0 Å². The van der Waals surface area contributed by atoms with E-state index >= 15 is 0 Å². The smallest absolute Gasteiger partial charge is 0.228 e. The second-order valence-corrected chi connectivity index (χ2v) is 8.17. The zero-order chi connectivity index (χ0) is 14.6. The summed E-state index contributed by atoms with van der Waals surface area (Å²) in [5, 5.41) is 6.29. The minimum Gasteiger partial charge on any atom is -0.326 e. The molecule has 1 aliphatic rings. The Morgan fingerprint density at radius 2 is 2.00 bits per heavy atom. The maximum atomic E-state index is 12.1. The van der Waals surface area contributed by atoms with Crippen LogP contribution in [0.15, 0.2) is 29.2 Å². The Hall–Kier alpha value is -1.00. The first-order chi connectivity index (χ1) is 9.44. The topological polar surface area (TPSA) is 41.1 Å². The number of hydrogen-bond acceptors (Lipinski definition) is 3. The molecule has 1 fully saturated rings. The molecule has 1 aromatic carbocycles. The molecule has 0 saturated carbocycles. The highest BCUT2D eigenvalue weighted by atomic mass is 32.2. The molecule has 4 heteroatoms. The van der Waals surface area contributed by atoms with E-state index in [1.807, 2.05) is 23.9 Å². The highest BCUT2D eigenvalue weighted by Gasteiger charge is 2.20. The summed E-state index contributed by atoms with van der Waals surface area (Å²) in [4.78, 5) is 13.4. The van der Waals surface area contributed by atoms with Crippen LogP contribution in [0.3, 0.4) is 0 Å². The van der Waals surface area contributed by atoms with Crippen molar-refractivity contribution in [3.63, 3.8) is 0 Å². The lowest BCUT2D eigenvalue weighted by Crippen LogP contribution is -2.37. The van der Waals surface area contributed by atoms with E-state index in [1.54, 1.807) is 0 Å². The fourth-order valence-corrected chi connectivity index (χ4v) is 3.26. The molecular formula is C16H24N2OS. The molecule has 2 N–H and O–H groups in total. The summed E-state index contributed by atoms with van der Waals surface area (Å²) in [7, 11) is 0. The largest absolute Gasteiger partial charge is 0.326 e. The zero-order valence-electron chi connectivity index (χ0n) is 12.5. The first kappa shape index (κ1) is 15.4. The van der Waals surface area contributed by atoms with Gasteiger partial charge in [-0.2, -0.15) is 0 Å². The van der Waals surface area contributed by atoms with Gasteiger partial charge < -0.3 is 10.6 Å². The van der Waals surface area contributed by atoms with Crippen molar-refractivity contribution in [1.29, 1.82) is 0 Å². The predicted molar refractivity (Wildman–Crippen MR) is 86.3 cm³/mol. The molecule has 1 saturated heterocycles. The third-order valence-electron chi connectivity index (χ3n) is 3.21. The summed E-state index contributed by atoms with van der Waals surface area (Å²) in [6, 6.07) is 8.12. The van der Waals surface area contributed by atoms with Gasteiger partial charge >= 0.3 is 0 Å². The predicted octanol–water partition coefficient (Wildman–Crippen LogP) is 3.52. The Bertz CT molecular complexity index is 445. The Kier molecular flexibility index (Phi) is 5.11. The van der Waals surface area contributed by atoms with E-state index in [2.05, 4.69) is 43.5 Å². The van der Waals surface area contributed by atoms with Gasteiger partial charge in [0.15, 0.2) is 0 Å². The molecule has 0 bridgehead atoms. The van der Waals surface area contributed by atoms with Gasteiger partial charge in [-0.25, -0.2) is 0 Å². The van der Waals surface area contributed by atoms with E-state index in [9.17, 15) is 4.79 Å². The molecule has 0 aliphatic carbocycles. The monoisotopic (exact) mass is 292 g/mol. The van der Waals surface area contributed by atoms with E-state index in [4.69, 9.17) is 0 Å². The maximum absolute atomic E-state index is 12.1. The minimum atomic E-state index is 0.104. The molecule has 1 heterocycles. The van der Waals surface area contributed by atoms with Crippen molar-refractivity contribution in [3.05, 3.63) is 24.3 Å². The fraction of sp³-hybridized carbons (Fsp3) is 0.562. The number of hydrogen-bond donors (Lipinski definition) is 2. The van der Waals surface area contributed by atoms with Gasteiger partial charge in [0, 0.05) is 21.9 Å². The summed E-state index contributed by atoms with van der Waals surface area (Å²) in [5.74, 6) is 0.237. The number of thioether (sulfide) groups is 1. The summed E-state index contributed by atoms with van der Waals surface area (Å²) in [5.41, 5.74) is 0.888. The summed E-state index contributed by atoms with van der Waals surface area (Å²) >= 11 is 1.83. The van der Waals surface area contributed by atoms with Gasteiger partial charge in [-0.15, -0.1) is 11.8 Å². The van der Waals surface area contributed by atoms with Crippen LogP contribution in [0.5, 0.6) is 0 Å². The number of nitrogens with one attached hydrogen (secondary N) is 2. The van der Waals surface area contributed by atoms with Crippen LogP contribution in [-0.2, 0) is 4.79 Å². The van der Waals surface area contributed by atoms with Crippen molar-refractivity contribution >= 4 is 23.4 Å². The molecule has 0 radical (unpaired) electrons. The number of piperidine rings is 1. The van der Waals surface area contributed by atoms with Crippen LogP contribution in [0, 0.1) is 5.92 Å². The van der Waals surface area contributed by atoms with Crippen LogP contribution in [0.2, 0.25) is 0 Å². The van der Waals surface area contributed by atoms with Gasteiger partial charge in [0.1, 0.15) is 0 Å². The summed E-state index contributed by atoms with van der Waals surface area (Å²) < 4.78 is 0.207. The molecule has 20 heavy (non-hydrogen) atoms. The lowest BCUT2D eigenvalue weighted by Gasteiger charge is -2.22. The molecular weight excluding hydrogens is 268 g/mol. The van der Waals surface area contributed by atoms with Gasteiger partial charge in [0.05, 0.1) is 5.92 Å². The van der Waals surface area contributed by atoms with Crippen LogP contribution in [-0.4, -0.2) is 23.7 Å². The third-order valence-corrected chi connectivity index (χ3v) is 4.33. The second kappa shape index (κ2) is 6.64. The molecule has 2 rings (SSSR count).